The van der Waals surface area contributed by atoms with E-state index in [1.165, 1.54) is 0 Å². The second-order valence-electron chi connectivity index (χ2n) is 5.98. The molecule has 5 nitrogen and oxygen atoms in total. The maximum atomic E-state index is 11.9. The number of hydrogen-bond acceptors (Lipinski definition) is 4. The minimum Gasteiger partial charge on any atom is -0.444 e. The van der Waals surface area contributed by atoms with Crippen molar-refractivity contribution in [3.05, 3.63) is 0 Å². The molecule has 0 aromatic heterocycles. The molecule has 1 fully saturated rings. The molecule has 1 aliphatic heterocycles. The van der Waals surface area contributed by atoms with Gasteiger partial charge in [-0.15, -0.1) is 0 Å². The molecule has 0 atom stereocenters. The second-order valence-corrected chi connectivity index (χ2v) is 5.98. The average Bonchev–Trinajstić information content (AvgIpc) is 2.33. The van der Waals surface area contributed by atoms with Crippen LogP contribution >= 0.6 is 0 Å². The summed E-state index contributed by atoms with van der Waals surface area (Å²) >= 11 is 0. The number of amides is 1. The number of hydrogen-bond donors (Lipinski definition) is 0. The largest absolute Gasteiger partial charge is 0.444 e. The molecule has 0 N–H and O–H groups in total. The molecule has 0 unspecified atom stereocenters. The highest BCUT2D eigenvalue weighted by Crippen LogP contribution is 2.19. The van der Waals surface area contributed by atoms with E-state index in [1.807, 2.05) is 20.8 Å². The number of methoxy groups -OCH3 is 1. The normalized spacial score (nSPS) is 17.6. The first-order valence-corrected chi connectivity index (χ1v) is 6.97. The minimum absolute atomic E-state index is 0.203. The van der Waals surface area contributed by atoms with Gasteiger partial charge in [-0.2, -0.15) is 0 Å². The highest BCUT2D eigenvalue weighted by molar-refractivity contribution is 5.68. The number of nitrogens with zero attached hydrogens (tertiary/aromatic N) is 1. The summed E-state index contributed by atoms with van der Waals surface area (Å²) < 4.78 is 15.8. The van der Waals surface area contributed by atoms with Gasteiger partial charge in [0.1, 0.15) is 5.60 Å². The average molecular weight is 273 g/mol. The van der Waals surface area contributed by atoms with E-state index in [2.05, 4.69) is 0 Å². The maximum absolute atomic E-state index is 11.9. The smallest absolute Gasteiger partial charge is 0.410 e. The third-order valence-corrected chi connectivity index (χ3v) is 3.05. The number of ether oxygens (including phenoxy) is 3. The quantitative estimate of drug-likeness (QED) is 0.721. The van der Waals surface area contributed by atoms with Crippen LogP contribution in [-0.4, -0.2) is 56.6 Å². The Kier molecular flexibility index (Phi) is 6.58. The van der Waals surface area contributed by atoms with Crippen molar-refractivity contribution < 1.29 is 19.0 Å². The summed E-state index contributed by atoms with van der Waals surface area (Å²) in [6, 6.07) is 0. The summed E-state index contributed by atoms with van der Waals surface area (Å²) in [5.74, 6) is 0.538. The molecule has 0 bridgehead atoms. The van der Waals surface area contributed by atoms with Crippen LogP contribution in [0.25, 0.3) is 0 Å². The molecule has 1 heterocycles. The lowest BCUT2D eigenvalue weighted by atomic mass is 9.98. The Balaban J connectivity index is 2.19. The van der Waals surface area contributed by atoms with E-state index in [0.29, 0.717) is 19.1 Å². The van der Waals surface area contributed by atoms with Crippen molar-refractivity contribution in [2.24, 2.45) is 5.92 Å². The monoisotopic (exact) mass is 273 g/mol. The molecule has 1 amide bonds. The maximum Gasteiger partial charge on any atom is 0.410 e. The van der Waals surface area contributed by atoms with Crippen LogP contribution in [0.4, 0.5) is 4.79 Å². The van der Waals surface area contributed by atoms with Crippen molar-refractivity contribution in [1.29, 1.82) is 0 Å². The van der Waals surface area contributed by atoms with Crippen LogP contribution in [-0.2, 0) is 14.2 Å². The van der Waals surface area contributed by atoms with E-state index in [9.17, 15) is 4.79 Å². The molecule has 0 saturated carbocycles. The fraction of sp³-hybridized carbons (Fsp3) is 0.929. The summed E-state index contributed by atoms with van der Waals surface area (Å²) in [7, 11) is 1.67. The molecule has 0 radical (unpaired) electrons. The molecule has 0 aromatic carbocycles. The molecule has 1 rings (SSSR count). The van der Waals surface area contributed by atoms with Crippen molar-refractivity contribution in [2.75, 3.05) is 40.0 Å². The fourth-order valence-electron chi connectivity index (χ4n) is 2.00. The molecule has 1 saturated heterocycles. The first kappa shape index (κ1) is 16.2. The predicted molar refractivity (Wildman–Crippen MR) is 73.2 cm³/mol. The van der Waals surface area contributed by atoms with Gasteiger partial charge in [-0.25, -0.2) is 4.79 Å². The van der Waals surface area contributed by atoms with Crippen LogP contribution in [0.2, 0.25) is 0 Å². The third kappa shape index (κ3) is 6.78. The van der Waals surface area contributed by atoms with Crippen LogP contribution in [0, 0.1) is 5.92 Å². The van der Waals surface area contributed by atoms with Crippen molar-refractivity contribution in [3.8, 4) is 0 Å². The number of carbonyl (C=O) groups is 1. The summed E-state index contributed by atoms with van der Waals surface area (Å²) in [6.07, 6.45) is 1.75. The molecular formula is C14H27NO4. The Bertz CT molecular complexity index is 267. The zero-order valence-corrected chi connectivity index (χ0v) is 12.6. The molecule has 112 valence electrons. The van der Waals surface area contributed by atoms with E-state index in [4.69, 9.17) is 14.2 Å². The molecule has 1 aliphatic rings. The Hall–Kier alpha value is -0.810. The van der Waals surface area contributed by atoms with Gasteiger partial charge in [0, 0.05) is 26.8 Å². The van der Waals surface area contributed by atoms with Crippen LogP contribution in [0.15, 0.2) is 0 Å². The zero-order valence-electron chi connectivity index (χ0n) is 12.6. The highest BCUT2D eigenvalue weighted by Gasteiger charge is 2.26. The molecule has 0 aliphatic carbocycles. The molecule has 19 heavy (non-hydrogen) atoms. The van der Waals surface area contributed by atoms with E-state index >= 15 is 0 Å². The number of likely N-dealkylation sites (tertiary alicyclic amines) is 1. The lowest BCUT2D eigenvalue weighted by Crippen LogP contribution is -2.42. The Labute approximate surface area is 116 Å². The standard InChI is InChI=1S/C14H27NO4/c1-14(2,3)19-13(16)15-7-5-12(6-8-15)11-18-10-9-17-4/h12H,5-11H2,1-4H3. The number of piperidine rings is 1. The van der Waals surface area contributed by atoms with Crippen LogP contribution in [0.1, 0.15) is 33.6 Å². The molecule has 0 spiro atoms. The van der Waals surface area contributed by atoms with Gasteiger partial charge in [0.25, 0.3) is 0 Å². The lowest BCUT2D eigenvalue weighted by Gasteiger charge is -2.33. The van der Waals surface area contributed by atoms with Crippen LogP contribution in [0.5, 0.6) is 0 Å². The zero-order chi connectivity index (χ0) is 14.3. The molecule has 5 heteroatoms. The van der Waals surface area contributed by atoms with E-state index in [-0.39, 0.29) is 6.09 Å². The number of rotatable bonds is 5. The predicted octanol–water partition coefficient (Wildman–Crippen LogP) is 2.30. The van der Waals surface area contributed by atoms with Crippen molar-refractivity contribution in [2.45, 2.75) is 39.2 Å². The Morgan fingerprint density at radius 3 is 2.37 bits per heavy atom. The summed E-state index contributed by atoms with van der Waals surface area (Å²) in [5.41, 5.74) is -0.419. The SMILES string of the molecule is COCCOCC1CCN(C(=O)OC(C)(C)C)CC1. The van der Waals surface area contributed by atoms with Gasteiger partial charge in [-0.1, -0.05) is 0 Å². The van der Waals surface area contributed by atoms with Gasteiger partial charge < -0.3 is 19.1 Å². The number of carbonyl (C=O) groups excluding carboxylic acids is 1. The second kappa shape index (κ2) is 7.70. The van der Waals surface area contributed by atoms with Gasteiger partial charge in [0.05, 0.1) is 13.2 Å². The van der Waals surface area contributed by atoms with Crippen molar-refractivity contribution >= 4 is 6.09 Å². The lowest BCUT2D eigenvalue weighted by molar-refractivity contribution is 0.00756. The summed E-state index contributed by atoms with van der Waals surface area (Å²) in [5, 5.41) is 0. The van der Waals surface area contributed by atoms with E-state index in [0.717, 1.165) is 32.5 Å². The Morgan fingerprint density at radius 1 is 1.21 bits per heavy atom. The highest BCUT2D eigenvalue weighted by atomic mass is 16.6. The summed E-state index contributed by atoms with van der Waals surface area (Å²) in [4.78, 5) is 13.7. The van der Waals surface area contributed by atoms with Crippen LogP contribution in [0.3, 0.4) is 0 Å². The van der Waals surface area contributed by atoms with Crippen LogP contribution < -0.4 is 0 Å². The van der Waals surface area contributed by atoms with Gasteiger partial charge in [-0.3, -0.25) is 0 Å². The van der Waals surface area contributed by atoms with Gasteiger partial charge in [-0.05, 0) is 39.5 Å². The fourth-order valence-corrected chi connectivity index (χ4v) is 2.00. The molecular weight excluding hydrogens is 246 g/mol. The van der Waals surface area contributed by atoms with E-state index in [1.54, 1.807) is 12.0 Å². The molecule has 0 aromatic rings. The Morgan fingerprint density at radius 2 is 1.84 bits per heavy atom. The minimum atomic E-state index is -0.419. The van der Waals surface area contributed by atoms with Crippen molar-refractivity contribution in [1.82, 2.24) is 4.90 Å². The third-order valence-electron chi connectivity index (χ3n) is 3.05. The topological polar surface area (TPSA) is 48.0 Å². The first-order chi connectivity index (χ1) is 8.92. The summed E-state index contributed by atoms with van der Waals surface area (Å²) in [6.45, 7) is 9.22. The van der Waals surface area contributed by atoms with Gasteiger partial charge >= 0.3 is 6.09 Å². The van der Waals surface area contributed by atoms with Gasteiger partial charge in [0.15, 0.2) is 0 Å². The van der Waals surface area contributed by atoms with Crippen molar-refractivity contribution in [3.63, 3.8) is 0 Å². The van der Waals surface area contributed by atoms with Gasteiger partial charge in [0.2, 0.25) is 0 Å². The first-order valence-electron chi connectivity index (χ1n) is 6.97. The van der Waals surface area contributed by atoms with E-state index < -0.39 is 5.60 Å².